The molecule has 7 nitrogen and oxygen atoms in total. The lowest BCUT2D eigenvalue weighted by molar-refractivity contribution is -0.129. The van der Waals surface area contributed by atoms with E-state index in [9.17, 15) is 18.0 Å². The zero-order valence-corrected chi connectivity index (χ0v) is 17.3. The van der Waals surface area contributed by atoms with Gasteiger partial charge in [0.1, 0.15) is 10.6 Å². The van der Waals surface area contributed by atoms with Crippen LogP contribution in [0.2, 0.25) is 0 Å². The Morgan fingerprint density at radius 2 is 1.69 bits per heavy atom. The van der Waals surface area contributed by atoms with Crippen molar-refractivity contribution in [3.63, 3.8) is 0 Å². The van der Waals surface area contributed by atoms with Gasteiger partial charge < -0.3 is 4.74 Å². The highest BCUT2D eigenvalue weighted by atomic mass is 32.2. The van der Waals surface area contributed by atoms with Gasteiger partial charge in [-0.25, -0.2) is 8.42 Å². The van der Waals surface area contributed by atoms with Gasteiger partial charge in [0.15, 0.2) is 0 Å². The second kappa shape index (κ2) is 8.75. The minimum absolute atomic E-state index is 0.0681. The minimum Gasteiger partial charge on any atom is -0.495 e. The molecule has 0 radical (unpaired) electrons. The first kappa shape index (κ1) is 21.0. The highest BCUT2D eigenvalue weighted by molar-refractivity contribution is 7.89. The molecule has 0 aromatic heterocycles. The van der Waals surface area contributed by atoms with Crippen molar-refractivity contribution in [2.45, 2.75) is 37.6 Å². The van der Waals surface area contributed by atoms with Gasteiger partial charge in [-0.15, -0.1) is 0 Å². The van der Waals surface area contributed by atoms with E-state index in [1.54, 1.807) is 6.92 Å². The summed E-state index contributed by atoms with van der Waals surface area (Å²) in [5.41, 5.74) is 1.10. The fraction of sp³-hybridized carbons (Fsp3) is 0.333. The number of imide groups is 1. The second-order valence-corrected chi connectivity index (χ2v) is 8.63. The van der Waals surface area contributed by atoms with Crippen molar-refractivity contribution < 1.29 is 22.7 Å². The average molecular weight is 416 g/mol. The third-order valence-corrected chi connectivity index (χ3v) is 6.80. The quantitative estimate of drug-likeness (QED) is 0.648. The predicted molar refractivity (Wildman–Crippen MR) is 109 cm³/mol. The van der Waals surface area contributed by atoms with Gasteiger partial charge in [0.05, 0.1) is 12.8 Å². The van der Waals surface area contributed by atoms with Crippen LogP contribution in [0.15, 0.2) is 53.4 Å². The fourth-order valence-corrected chi connectivity index (χ4v) is 4.95. The van der Waals surface area contributed by atoms with Gasteiger partial charge in [-0.3, -0.25) is 14.5 Å². The molecule has 1 saturated heterocycles. The average Bonchev–Trinajstić information content (AvgIpc) is 2.72. The summed E-state index contributed by atoms with van der Waals surface area (Å²) in [7, 11) is -2.54. The van der Waals surface area contributed by atoms with E-state index in [2.05, 4.69) is 0 Å². The number of benzene rings is 2. The number of amides is 2. The van der Waals surface area contributed by atoms with E-state index < -0.39 is 10.0 Å². The van der Waals surface area contributed by atoms with Crippen LogP contribution < -0.4 is 9.64 Å². The molecule has 0 saturated carbocycles. The van der Waals surface area contributed by atoms with Crippen LogP contribution >= 0.6 is 0 Å². The molecule has 1 aliphatic heterocycles. The molecular weight excluding hydrogens is 392 g/mol. The molecule has 0 bridgehead atoms. The Morgan fingerprint density at radius 1 is 1.03 bits per heavy atom. The van der Waals surface area contributed by atoms with Crippen molar-refractivity contribution in [3.05, 3.63) is 54.1 Å². The number of anilines is 1. The molecule has 0 atom stereocenters. The van der Waals surface area contributed by atoms with Crippen molar-refractivity contribution in [1.82, 2.24) is 4.31 Å². The van der Waals surface area contributed by atoms with Crippen molar-refractivity contribution in [3.8, 4) is 5.75 Å². The highest BCUT2D eigenvalue weighted by Crippen LogP contribution is 2.33. The molecule has 0 aliphatic carbocycles. The van der Waals surface area contributed by atoms with Crippen LogP contribution in [0.4, 0.5) is 5.69 Å². The number of carbonyl (C=O) groups is 2. The SMILES string of the molecule is CCN(Cc1ccccc1)S(=O)(=O)c1cc(N2C(=O)CCCC2=O)ccc1OC. The van der Waals surface area contributed by atoms with Crippen LogP contribution in [0.25, 0.3) is 0 Å². The van der Waals surface area contributed by atoms with E-state index in [1.165, 1.54) is 29.6 Å². The molecule has 0 unspecified atom stereocenters. The molecule has 0 spiro atoms. The Hall–Kier alpha value is -2.71. The Balaban J connectivity index is 2.02. The lowest BCUT2D eigenvalue weighted by Crippen LogP contribution is -2.40. The van der Waals surface area contributed by atoms with Crippen molar-refractivity contribution in [2.75, 3.05) is 18.6 Å². The van der Waals surface area contributed by atoms with Crippen LogP contribution in [0.5, 0.6) is 5.75 Å². The number of carbonyl (C=O) groups excluding carboxylic acids is 2. The summed E-state index contributed by atoms with van der Waals surface area (Å²) in [5, 5.41) is 0. The molecular formula is C21H24N2O5S. The maximum absolute atomic E-state index is 13.4. The molecule has 3 rings (SSSR count). The van der Waals surface area contributed by atoms with Crippen LogP contribution in [-0.4, -0.2) is 38.2 Å². The minimum atomic E-state index is -3.93. The standard InChI is InChI=1S/C21H24N2O5S/c1-3-22(15-16-8-5-4-6-9-16)29(26,27)19-14-17(12-13-18(19)28-2)23-20(24)10-7-11-21(23)25/h4-6,8-9,12-14H,3,7,10-11,15H2,1-2H3. The third kappa shape index (κ3) is 4.33. The van der Waals surface area contributed by atoms with Crippen molar-refractivity contribution in [1.29, 1.82) is 0 Å². The summed E-state index contributed by atoms with van der Waals surface area (Å²) in [6.07, 6.45) is 1.03. The Morgan fingerprint density at radius 3 is 2.28 bits per heavy atom. The summed E-state index contributed by atoms with van der Waals surface area (Å²) in [5.74, 6) is -0.491. The molecule has 2 amide bonds. The van der Waals surface area contributed by atoms with Gasteiger partial charge in [0, 0.05) is 25.9 Å². The van der Waals surface area contributed by atoms with E-state index in [0.29, 0.717) is 6.42 Å². The van der Waals surface area contributed by atoms with Gasteiger partial charge in [0.25, 0.3) is 0 Å². The maximum Gasteiger partial charge on any atom is 0.247 e. The zero-order valence-electron chi connectivity index (χ0n) is 16.5. The Bertz CT molecular complexity index is 989. The highest BCUT2D eigenvalue weighted by Gasteiger charge is 2.31. The number of hydrogen-bond acceptors (Lipinski definition) is 5. The first-order chi connectivity index (χ1) is 13.9. The van der Waals surface area contributed by atoms with Crippen LogP contribution in [0.3, 0.4) is 0 Å². The van der Waals surface area contributed by atoms with E-state index in [1.807, 2.05) is 30.3 Å². The Labute approximate surface area is 170 Å². The Kier molecular flexibility index (Phi) is 6.34. The number of sulfonamides is 1. The molecule has 0 N–H and O–H groups in total. The maximum atomic E-state index is 13.4. The first-order valence-electron chi connectivity index (χ1n) is 9.46. The van der Waals surface area contributed by atoms with Gasteiger partial charge in [-0.1, -0.05) is 37.3 Å². The number of piperidine rings is 1. The van der Waals surface area contributed by atoms with Crippen LogP contribution in [0, 0.1) is 0 Å². The molecule has 2 aromatic carbocycles. The van der Waals surface area contributed by atoms with E-state index in [4.69, 9.17) is 4.74 Å². The molecule has 1 aliphatic rings. The second-order valence-electron chi connectivity index (χ2n) is 6.73. The van der Waals surface area contributed by atoms with Gasteiger partial charge >= 0.3 is 0 Å². The number of rotatable bonds is 7. The van der Waals surface area contributed by atoms with E-state index in [0.717, 1.165) is 10.5 Å². The zero-order chi connectivity index (χ0) is 21.0. The number of methoxy groups -OCH3 is 1. The van der Waals surface area contributed by atoms with Gasteiger partial charge in [-0.05, 0) is 30.2 Å². The van der Waals surface area contributed by atoms with Gasteiger partial charge in [-0.2, -0.15) is 4.31 Å². The van der Waals surface area contributed by atoms with Crippen LogP contribution in [-0.2, 0) is 26.2 Å². The van der Waals surface area contributed by atoms with Gasteiger partial charge in [0.2, 0.25) is 21.8 Å². The normalized spacial score (nSPS) is 15.1. The van der Waals surface area contributed by atoms with E-state index >= 15 is 0 Å². The van der Waals surface area contributed by atoms with Crippen LogP contribution in [0.1, 0.15) is 31.7 Å². The summed E-state index contributed by atoms with van der Waals surface area (Å²) >= 11 is 0. The molecule has 8 heteroatoms. The topological polar surface area (TPSA) is 84.0 Å². The lowest BCUT2D eigenvalue weighted by atomic mass is 10.1. The summed E-state index contributed by atoms with van der Waals surface area (Å²) in [4.78, 5) is 25.5. The molecule has 1 fully saturated rings. The largest absolute Gasteiger partial charge is 0.495 e. The van der Waals surface area contributed by atoms with Crippen molar-refractivity contribution in [2.24, 2.45) is 0 Å². The lowest BCUT2D eigenvalue weighted by Gasteiger charge is -2.27. The first-order valence-corrected chi connectivity index (χ1v) is 10.9. The summed E-state index contributed by atoms with van der Waals surface area (Å²) in [6.45, 7) is 2.22. The molecule has 29 heavy (non-hydrogen) atoms. The molecule has 2 aromatic rings. The molecule has 154 valence electrons. The smallest absolute Gasteiger partial charge is 0.247 e. The molecule has 1 heterocycles. The number of nitrogens with zero attached hydrogens (tertiary/aromatic N) is 2. The van der Waals surface area contributed by atoms with Crippen molar-refractivity contribution >= 4 is 27.5 Å². The number of hydrogen-bond donors (Lipinski definition) is 0. The summed E-state index contributed by atoms with van der Waals surface area (Å²) in [6, 6.07) is 13.7. The fourth-order valence-electron chi connectivity index (χ4n) is 3.34. The predicted octanol–water partition coefficient (Wildman–Crippen LogP) is 2.95. The number of ether oxygens (including phenoxy) is 1. The van der Waals surface area contributed by atoms with E-state index in [-0.39, 0.29) is 54.1 Å². The third-order valence-electron chi connectivity index (χ3n) is 4.86. The summed E-state index contributed by atoms with van der Waals surface area (Å²) < 4.78 is 33.4. The monoisotopic (exact) mass is 416 g/mol.